The fraction of sp³-hybridized carbons (Fsp3) is 0. The molecule has 0 bridgehead atoms. The van der Waals surface area contributed by atoms with Gasteiger partial charge in [0.25, 0.3) is 0 Å². The van der Waals surface area contributed by atoms with E-state index in [-0.39, 0.29) is 76.3 Å². The van der Waals surface area contributed by atoms with Crippen LogP contribution in [0.15, 0.2) is 0 Å². The predicted octanol–water partition coefficient (Wildman–Crippen LogP) is -2.60. The third-order valence-electron chi connectivity index (χ3n) is 0. The van der Waals surface area contributed by atoms with Crippen molar-refractivity contribution in [3.63, 3.8) is 0 Å². The van der Waals surface area contributed by atoms with Gasteiger partial charge in [-0.3, -0.25) is 0 Å². The zero-order chi connectivity index (χ0) is 0. The molecule has 22 valence electrons. The average Bonchev–Trinajstić information content (AvgIpc) is 0. The van der Waals surface area contributed by atoms with Gasteiger partial charge < -0.3 is 5.48 Å². The van der Waals surface area contributed by atoms with Crippen molar-refractivity contribution < 1.29 is 25.0 Å². The van der Waals surface area contributed by atoms with Gasteiger partial charge in [-0.1, -0.05) is 0 Å². The van der Waals surface area contributed by atoms with Crippen molar-refractivity contribution in [1.29, 1.82) is 0 Å². The molecule has 0 rings (SSSR count). The minimum Gasteiger partial charge on any atom is 0 e. The van der Waals surface area contributed by atoms with Crippen LogP contribution in [0.25, 0.3) is 0 Å². The summed E-state index contributed by atoms with van der Waals surface area (Å²) in [6.45, 7) is 0. The zero-order valence-corrected chi connectivity index (χ0v) is 9.53. The Morgan fingerprint density at radius 2 is 1.00 bits per heavy atom. The largest absolute Gasteiger partial charge is 0 e. The second-order valence-corrected chi connectivity index (χ2v) is 0. The molecule has 0 aliphatic rings. The predicted molar refractivity (Wildman–Crippen MR) is 24.9 cm³/mol. The Hall–Kier alpha value is 2.08. The van der Waals surface area contributed by atoms with Gasteiger partial charge in [0.05, 0.1) is 0 Å². The van der Waals surface area contributed by atoms with Crippen molar-refractivity contribution in [2.45, 2.75) is 0 Å². The SMILES string of the molecule is [AlH3].[Be+2].[O-2].[SnH2].[Zn]. The minimum atomic E-state index is 0. The molecule has 5 heavy (non-hydrogen) atoms. The Balaban J connectivity index is 0. The van der Waals surface area contributed by atoms with E-state index in [0.717, 1.165) is 0 Å². The van der Waals surface area contributed by atoms with Gasteiger partial charge in [-0.15, -0.1) is 0 Å². The van der Waals surface area contributed by atoms with E-state index in [4.69, 9.17) is 0 Å². The van der Waals surface area contributed by atoms with Gasteiger partial charge >= 0.3 is 34.0 Å². The molecule has 0 saturated carbocycles. The van der Waals surface area contributed by atoms with Gasteiger partial charge in [-0.2, -0.15) is 0 Å². The second-order valence-electron chi connectivity index (χ2n) is 0. The summed E-state index contributed by atoms with van der Waals surface area (Å²) in [6, 6.07) is 0. The molecule has 0 spiro atoms. The molecular formula is H5AlBeOSnZn. The molecular weight excluding hydrogens is 236 g/mol. The summed E-state index contributed by atoms with van der Waals surface area (Å²) >= 11 is 0. The van der Waals surface area contributed by atoms with E-state index < -0.39 is 0 Å². The smallest absolute Gasteiger partial charge is 0 e. The van der Waals surface area contributed by atoms with Crippen molar-refractivity contribution in [1.82, 2.24) is 0 Å². The first kappa shape index (κ1) is 60.4. The van der Waals surface area contributed by atoms with E-state index >= 15 is 0 Å². The molecule has 0 unspecified atom stereocenters. The van der Waals surface area contributed by atoms with Gasteiger partial charge in [-0.25, -0.2) is 0 Å². The first-order chi connectivity index (χ1) is 0. The second kappa shape index (κ2) is 36.2. The molecule has 0 amide bonds. The Morgan fingerprint density at radius 3 is 1.00 bits per heavy atom. The molecule has 0 aliphatic carbocycles. The van der Waals surface area contributed by atoms with Crippen LogP contribution in [-0.2, 0) is 25.0 Å². The van der Waals surface area contributed by atoms with Crippen LogP contribution in [0.2, 0.25) is 0 Å². The van der Waals surface area contributed by atoms with Crippen LogP contribution in [0.3, 0.4) is 0 Å². The Morgan fingerprint density at radius 1 is 1.00 bits per heavy atom. The van der Waals surface area contributed by atoms with Crippen molar-refractivity contribution >= 4 is 51.4 Å². The maximum atomic E-state index is 0. The maximum Gasteiger partial charge on any atom is 0 e. The van der Waals surface area contributed by atoms with Crippen LogP contribution in [0.5, 0.6) is 0 Å². The monoisotopic (exact) mass is 241 g/mol. The van der Waals surface area contributed by atoms with Crippen molar-refractivity contribution in [3.05, 3.63) is 0 Å². The summed E-state index contributed by atoms with van der Waals surface area (Å²) in [5.41, 5.74) is 0. The van der Waals surface area contributed by atoms with Crippen LogP contribution in [0, 0.1) is 0 Å². The van der Waals surface area contributed by atoms with Crippen LogP contribution < -0.4 is 0 Å². The van der Waals surface area contributed by atoms with Crippen LogP contribution >= 0.6 is 0 Å². The van der Waals surface area contributed by atoms with E-state index in [1.165, 1.54) is 0 Å². The Bertz CT molecular complexity index is 11.6. The average molecular weight is 241 g/mol. The standard InChI is InChI=1S/Al.Be.O.Sn.Zn.5H/q;+2;-2;;;;;;;. The van der Waals surface area contributed by atoms with Gasteiger partial charge in [0.2, 0.25) is 0 Å². The Kier molecular flexibility index (Phi) is 437. The summed E-state index contributed by atoms with van der Waals surface area (Å²) in [5, 5.41) is 0. The summed E-state index contributed by atoms with van der Waals surface area (Å²) in [6.07, 6.45) is 0. The first-order valence-electron chi connectivity index (χ1n) is 0. The molecule has 0 heterocycles. The van der Waals surface area contributed by atoms with E-state index in [9.17, 15) is 0 Å². The Labute approximate surface area is 75.6 Å². The van der Waals surface area contributed by atoms with E-state index in [1.54, 1.807) is 0 Å². The third-order valence-corrected chi connectivity index (χ3v) is 0. The summed E-state index contributed by atoms with van der Waals surface area (Å²) in [4.78, 5) is 0. The van der Waals surface area contributed by atoms with Crippen LogP contribution in [0.4, 0.5) is 0 Å². The third kappa shape index (κ3) is 23.4. The van der Waals surface area contributed by atoms with Crippen molar-refractivity contribution in [2.75, 3.05) is 0 Å². The number of hydrogen-bond donors (Lipinski definition) is 0. The van der Waals surface area contributed by atoms with E-state index in [1.807, 2.05) is 0 Å². The number of rotatable bonds is 0. The normalized spacial score (nSPS) is 0. The van der Waals surface area contributed by atoms with Crippen molar-refractivity contribution in [2.24, 2.45) is 0 Å². The van der Waals surface area contributed by atoms with Crippen molar-refractivity contribution in [3.8, 4) is 0 Å². The van der Waals surface area contributed by atoms with E-state index in [0.29, 0.717) is 0 Å². The zero-order valence-electron chi connectivity index (χ0n) is 2.53. The van der Waals surface area contributed by atoms with E-state index in [2.05, 4.69) is 0 Å². The minimum absolute atomic E-state index is 0. The van der Waals surface area contributed by atoms with Crippen LogP contribution in [0.1, 0.15) is 0 Å². The maximum absolute atomic E-state index is 0. The summed E-state index contributed by atoms with van der Waals surface area (Å²) < 4.78 is 0. The van der Waals surface area contributed by atoms with Gasteiger partial charge in [0.15, 0.2) is 17.4 Å². The fourth-order valence-corrected chi connectivity index (χ4v) is 0. The van der Waals surface area contributed by atoms with Gasteiger partial charge in [0, 0.05) is 19.5 Å². The number of hydrogen-bond acceptors (Lipinski definition) is 0. The molecule has 5 heteroatoms. The molecule has 0 N–H and O–H groups in total. The quantitative estimate of drug-likeness (QED) is 0.416. The molecule has 0 aromatic carbocycles. The molecule has 0 aromatic heterocycles. The fourth-order valence-electron chi connectivity index (χ4n) is 0. The van der Waals surface area contributed by atoms with Crippen LogP contribution in [-0.4, -0.2) is 51.4 Å². The molecule has 0 atom stereocenters. The van der Waals surface area contributed by atoms with Gasteiger partial charge in [-0.05, 0) is 0 Å². The molecule has 0 fully saturated rings. The first-order valence-corrected chi connectivity index (χ1v) is 0. The molecule has 2 radical (unpaired) electrons. The molecule has 0 aliphatic heterocycles. The van der Waals surface area contributed by atoms with Gasteiger partial charge in [0.1, 0.15) is 0 Å². The molecule has 1 nitrogen and oxygen atoms in total. The summed E-state index contributed by atoms with van der Waals surface area (Å²) in [7, 11) is 0. The summed E-state index contributed by atoms with van der Waals surface area (Å²) in [5.74, 6) is 0. The topological polar surface area (TPSA) is 28.5 Å². The molecule has 0 aromatic rings. The molecule has 0 saturated heterocycles.